The fourth-order valence-electron chi connectivity index (χ4n) is 3.96. The Morgan fingerprint density at radius 3 is 2.52 bits per heavy atom. The van der Waals surface area contributed by atoms with Crippen molar-refractivity contribution in [2.24, 2.45) is 0 Å². The number of likely N-dealkylation sites (tertiary alicyclic amines) is 1. The molecule has 5 nitrogen and oxygen atoms in total. The second kappa shape index (κ2) is 6.98. The summed E-state index contributed by atoms with van der Waals surface area (Å²) in [5.74, 6) is -0.616. The van der Waals surface area contributed by atoms with E-state index in [2.05, 4.69) is 5.32 Å². The van der Waals surface area contributed by atoms with Crippen LogP contribution in [0.25, 0.3) is 0 Å². The average Bonchev–Trinajstić information content (AvgIpc) is 2.98. The SMILES string of the molecule is O=C1Nc2ccccc2[C@H]1CC(=O)N1CCC(O)(c2ccc(Cl)cc2)CC1. The van der Waals surface area contributed by atoms with Crippen LogP contribution in [0.3, 0.4) is 0 Å². The topological polar surface area (TPSA) is 69.6 Å². The van der Waals surface area contributed by atoms with Gasteiger partial charge in [-0.25, -0.2) is 0 Å². The highest BCUT2D eigenvalue weighted by Crippen LogP contribution is 2.37. The lowest BCUT2D eigenvalue weighted by Gasteiger charge is -2.38. The maximum absolute atomic E-state index is 12.7. The number of anilines is 1. The molecule has 27 heavy (non-hydrogen) atoms. The first kappa shape index (κ1) is 18.0. The first-order chi connectivity index (χ1) is 13.0. The zero-order chi connectivity index (χ0) is 19.0. The third-order valence-corrected chi connectivity index (χ3v) is 5.87. The Morgan fingerprint density at radius 2 is 1.81 bits per heavy atom. The van der Waals surface area contributed by atoms with E-state index in [9.17, 15) is 14.7 Å². The monoisotopic (exact) mass is 384 g/mol. The molecule has 0 spiro atoms. The summed E-state index contributed by atoms with van der Waals surface area (Å²) in [6.07, 6.45) is 1.09. The second-order valence-corrected chi connectivity index (χ2v) is 7.69. The Kier molecular flexibility index (Phi) is 4.66. The lowest BCUT2D eigenvalue weighted by Crippen LogP contribution is -2.45. The Bertz CT molecular complexity index is 873. The summed E-state index contributed by atoms with van der Waals surface area (Å²) >= 11 is 5.92. The molecule has 0 unspecified atom stereocenters. The summed E-state index contributed by atoms with van der Waals surface area (Å²) in [6, 6.07) is 14.7. The minimum Gasteiger partial charge on any atom is -0.385 e. The van der Waals surface area contributed by atoms with E-state index in [-0.39, 0.29) is 18.2 Å². The number of carbonyl (C=O) groups is 2. The fourth-order valence-corrected chi connectivity index (χ4v) is 4.08. The molecule has 2 aromatic rings. The number of carbonyl (C=O) groups excluding carboxylic acids is 2. The third-order valence-electron chi connectivity index (χ3n) is 5.61. The van der Waals surface area contributed by atoms with Gasteiger partial charge in [0.2, 0.25) is 11.8 Å². The van der Waals surface area contributed by atoms with Gasteiger partial charge in [-0.3, -0.25) is 9.59 Å². The van der Waals surface area contributed by atoms with Gasteiger partial charge in [-0.05, 0) is 42.2 Å². The van der Waals surface area contributed by atoms with Gasteiger partial charge in [0, 0.05) is 30.2 Å². The van der Waals surface area contributed by atoms with E-state index in [4.69, 9.17) is 11.6 Å². The highest BCUT2D eigenvalue weighted by atomic mass is 35.5. The number of benzene rings is 2. The molecule has 1 fully saturated rings. The van der Waals surface area contributed by atoms with E-state index < -0.39 is 11.5 Å². The predicted octanol–water partition coefficient (Wildman–Crippen LogP) is 3.28. The minimum absolute atomic E-state index is 0.0509. The Hall–Kier alpha value is -2.37. The van der Waals surface area contributed by atoms with Crippen LogP contribution >= 0.6 is 11.6 Å². The molecule has 0 saturated carbocycles. The molecule has 2 aromatic carbocycles. The van der Waals surface area contributed by atoms with Crippen LogP contribution < -0.4 is 5.32 Å². The number of para-hydroxylation sites is 1. The van der Waals surface area contributed by atoms with Crippen molar-refractivity contribution in [1.29, 1.82) is 0 Å². The van der Waals surface area contributed by atoms with Crippen LogP contribution in [-0.4, -0.2) is 34.9 Å². The Balaban J connectivity index is 1.41. The van der Waals surface area contributed by atoms with Crippen LogP contribution in [0.4, 0.5) is 5.69 Å². The third kappa shape index (κ3) is 3.45. The number of rotatable bonds is 3. The van der Waals surface area contributed by atoms with Crippen LogP contribution in [0, 0.1) is 0 Å². The first-order valence-corrected chi connectivity index (χ1v) is 9.50. The van der Waals surface area contributed by atoms with Gasteiger partial charge in [-0.2, -0.15) is 0 Å². The second-order valence-electron chi connectivity index (χ2n) is 7.25. The van der Waals surface area contributed by atoms with E-state index in [1.54, 1.807) is 17.0 Å². The summed E-state index contributed by atoms with van der Waals surface area (Å²) in [7, 11) is 0. The van der Waals surface area contributed by atoms with Gasteiger partial charge >= 0.3 is 0 Å². The van der Waals surface area contributed by atoms with Gasteiger partial charge in [0.05, 0.1) is 11.5 Å². The number of nitrogens with one attached hydrogen (secondary N) is 1. The van der Waals surface area contributed by atoms with Gasteiger partial charge in [0.15, 0.2) is 0 Å². The van der Waals surface area contributed by atoms with Crippen LogP contribution in [-0.2, 0) is 15.2 Å². The quantitative estimate of drug-likeness (QED) is 0.853. The van der Waals surface area contributed by atoms with Crippen LogP contribution in [0.1, 0.15) is 36.3 Å². The molecule has 2 aliphatic heterocycles. The van der Waals surface area contributed by atoms with Crippen molar-refractivity contribution < 1.29 is 14.7 Å². The highest BCUT2D eigenvalue weighted by Gasteiger charge is 2.38. The number of hydrogen-bond acceptors (Lipinski definition) is 3. The molecule has 2 N–H and O–H groups in total. The highest BCUT2D eigenvalue weighted by molar-refractivity contribution is 6.30. The molecule has 0 radical (unpaired) electrons. The van der Waals surface area contributed by atoms with Gasteiger partial charge < -0.3 is 15.3 Å². The van der Waals surface area contributed by atoms with Gasteiger partial charge in [0.25, 0.3) is 0 Å². The molecule has 0 aliphatic carbocycles. The maximum Gasteiger partial charge on any atom is 0.232 e. The average molecular weight is 385 g/mol. The molecular formula is C21H21ClN2O3. The Morgan fingerprint density at radius 1 is 1.15 bits per heavy atom. The molecular weight excluding hydrogens is 364 g/mol. The van der Waals surface area contributed by atoms with E-state index in [1.807, 2.05) is 36.4 Å². The molecule has 6 heteroatoms. The lowest BCUT2D eigenvalue weighted by molar-refractivity contribution is -0.137. The number of fused-ring (bicyclic) bond motifs is 1. The summed E-state index contributed by atoms with van der Waals surface area (Å²) in [4.78, 5) is 26.7. The van der Waals surface area contributed by atoms with Crippen molar-refractivity contribution in [3.05, 3.63) is 64.7 Å². The summed E-state index contributed by atoms with van der Waals surface area (Å²) < 4.78 is 0. The number of halogens is 1. The zero-order valence-electron chi connectivity index (χ0n) is 14.8. The van der Waals surface area contributed by atoms with Gasteiger partial charge in [0.1, 0.15) is 0 Å². The van der Waals surface area contributed by atoms with Gasteiger partial charge in [-0.1, -0.05) is 41.9 Å². The van der Waals surface area contributed by atoms with Crippen LogP contribution in [0.2, 0.25) is 5.02 Å². The van der Waals surface area contributed by atoms with E-state index in [1.165, 1.54) is 0 Å². The standard InChI is InChI=1S/C21H21ClN2O3/c22-15-7-5-14(6-8-15)21(27)9-11-24(12-10-21)19(25)13-17-16-3-1-2-4-18(16)23-20(17)26/h1-8,17,27H,9-13H2,(H,23,26)/t17-/m1/s1. The smallest absolute Gasteiger partial charge is 0.232 e. The van der Waals surface area contributed by atoms with Crippen molar-refractivity contribution in [2.45, 2.75) is 30.8 Å². The van der Waals surface area contributed by atoms with Crippen molar-refractivity contribution in [2.75, 3.05) is 18.4 Å². The molecule has 0 bridgehead atoms. The number of hydrogen-bond donors (Lipinski definition) is 2. The number of amides is 2. The molecule has 0 aromatic heterocycles. The number of piperidine rings is 1. The number of aliphatic hydroxyl groups is 1. The zero-order valence-corrected chi connectivity index (χ0v) is 15.6. The molecule has 2 aliphatic rings. The fraction of sp³-hybridized carbons (Fsp3) is 0.333. The molecule has 2 heterocycles. The van der Waals surface area contributed by atoms with E-state index in [0.717, 1.165) is 16.8 Å². The Labute approximate surface area is 162 Å². The van der Waals surface area contributed by atoms with E-state index >= 15 is 0 Å². The van der Waals surface area contributed by atoms with Crippen molar-refractivity contribution in [3.8, 4) is 0 Å². The van der Waals surface area contributed by atoms with Crippen LogP contribution in [0.5, 0.6) is 0 Å². The molecule has 4 rings (SSSR count). The summed E-state index contributed by atoms with van der Waals surface area (Å²) in [5.41, 5.74) is 1.54. The van der Waals surface area contributed by atoms with Crippen molar-refractivity contribution in [3.63, 3.8) is 0 Å². The van der Waals surface area contributed by atoms with Crippen molar-refractivity contribution in [1.82, 2.24) is 4.90 Å². The molecule has 2 amide bonds. The largest absolute Gasteiger partial charge is 0.385 e. The first-order valence-electron chi connectivity index (χ1n) is 9.12. The number of nitrogens with zero attached hydrogens (tertiary/aromatic N) is 1. The summed E-state index contributed by atoms with van der Waals surface area (Å²) in [5, 5.41) is 14.4. The molecule has 1 atom stereocenters. The normalized spacial score (nSPS) is 20.9. The summed E-state index contributed by atoms with van der Waals surface area (Å²) in [6.45, 7) is 0.932. The van der Waals surface area contributed by atoms with Crippen molar-refractivity contribution >= 4 is 29.1 Å². The predicted molar refractivity (Wildman–Crippen MR) is 104 cm³/mol. The van der Waals surface area contributed by atoms with E-state index in [0.29, 0.717) is 31.0 Å². The maximum atomic E-state index is 12.7. The van der Waals surface area contributed by atoms with Crippen LogP contribution in [0.15, 0.2) is 48.5 Å². The molecule has 1 saturated heterocycles. The minimum atomic E-state index is -0.946. The lowest BCUT2D eigenvalue weighted by atomic mass is 9.84. The molecule has 140 valence electrons. The van der Waals surface area contributed by atoms with Gasteiger partial charge in [-0.15, -0.1) is 0 Å².